The number of hydrogen-bond acceptors (Lipinski definition) is 4. The van der Waals surface area contributed by atoms with Crippen molar-refractivity contribution in [1.82, 2.24) is 19.7 Å². The van der Waals surface area contributed by atoms with Crippen LogP contribution in [0.2, 0.25) is 0 Å². The van der Waals surface area contributed by atoms with Gasteiger partial charge in [-0.1, -0.05) is 20.8 Å². The van der Waals surface area contributed by atoms with E-state index in [1.54, 1.807) is 0 Å². The zero-order valence-corrected chi connectivity index (χ0v) is 14.0. The molecule has 1 fully saturated rings. The molecule has 1 saturated heterocycles. The third-order valence-corrected chi connectivity index (χ3v) is 4.16. The van der Waals surface area contributed by atoms with Crippen molar-refractivity contribution in [3.63, 3.8) is 0 Å². The highest BCUT2D eigenvalue weighted by Gasteiger charge is 2.20. The average Bonchev–Trinajstić information content (AvgIpc) is 2.89. The van der Waals surface area contributed by atoms with Gasteiger partial charge in [-0.15, -0.1) is 0 Å². The molecule has 1 N–H and O–H groups in total. The summed E-state index contributed by atoms with van der Waals surface area (Å²) in [4.78, 5) is 18.4. The van der Waals surface area contributed by atoms with Gasteiger partial charge >= 0.3 is 0 Å². The van der Waals surface area contributed by atoms with Crippen LogP contribution < -0.4 is 0 Å². The molecule has 1 aliphatic heterocycles. The second-order valence-electron chi connectivity index (χ2n) is 6.37. The Bertz CT molecular complexity index is 498. The first kappa shape index (κ1) is 16.9. The molecular formula is C16H28N4O2. The summed E-state index contributed by atoms with van der Waals surface area (Å²) in [5.74, 6) is 2.18. The lowest BCUT2D eigenvalue weighted by atomic mass is 10.1. The van der Waals surface area contributed by atoms with E-state index < -0.39 is 6.10 Å². The van der Waals surface area contributed by atoms with Gasteiger partial charge in [0.1, 0.15) is 5.82 Å². The molecule has 0 spiro atoms. The van der Waals surface area contributed by atoms with E-state index in [0.29, 0.717) is 32.4 Å². The second kappa shape index (κ2) is 7.72. The summed E-state index contributed by atoms with van der Waals surface area (Å²) in [6.45, 7) is 8.09. The quantitative estimate of drug-likeness (QED) is 0.832. The number of hydrogen-bond donors (Lipinski definition) is 1. The smallest absolute Gasteiger partial charge is 0.222 e. The molecule has 6 nitrogen and oxygen atoms in total. The molecule has 1 amide bonds. The van der Waals surface area contributed by atoms with Crippen LogP contribution in [0.4, 0.5) is 0 Å². The minimum absolute atomic E-state index is 0.245. The van der Waals surface area contributed by atoms with Crippen LogP contribution in [0.1, 0.15) is 64.0 Å². The zero-order valence-electron chi connectivity index (χ0n) is 14.0. The molecule has 0 radical (unpaired) electrons. The first-order valence-electron chi connectivity index (χ1n) is 8.40. The molecule has 0 bridgehead atoms. The Hall–Kier alpha value is -1.43. The summed E-state index contributed by atoms with van der Waals surface area (Å²) in [7, 11) is 0. The molecule has 0 aromatic carbocycles. The summed E-state index contributed by atoms with van der Waals surface area (Å²) in [6, 6.07) is 0. The fourth-order valence-corrected chi connectivity index (χ4v) is 2.63. The van der Waals surface area contributed by atoms with Gasteiger partial charge < -0.3 is 10.0 Å². The van der Waals surface area contributed by atoms with Crippen LogP contribution in [0.15, 0.2) is 0 Å². The Morgan fingerprint density at radius 2 is 2.09 bits per heavy atom. The van der Waals surface area contributed by atoms with Crippen LogP contribution in [0.3, 0.4) is 0 Å². The Morgan fingerprint density at radius 3 is 2.73 bits per heavy atom. The van der Waals surface area contributed by atoms with Gasteiger partial charge in [0.05, 0.1) is 12.6 Å². The van der Waals surface area contributed by atoms with Crippen LogP contribution in [0.5, 0.6) is 0 Å². The number of nitrogens with zero attached hydrogens (tertiary/aromatic N) is 4. The number of aromatic nitrogens is 3. The van der Waals surface area contributed by atoms with E-state index in [0.717, 1.165) is 31.0 Å². The van der Waals surface area contributed by atoms with Crippen molar-refractivity contribution in [2.24, 2.45) is 0 Å². The highest BCUT2D eigenvalue weighted by molar-refractivity contribution is 5.76. The van der Waals surface area contributed by atoms with Gasteiger partial charge in [0.2, 0.25) is 5.91 Å². The van der Waals surface area contributed by atoms with E-state index in [-0.39, 0.29) is 11.8 Å². The minimum Gasteiger partial charge on any atom is -0.391 e. The van der Waals surface area contributed by atoms with Crippen molar-refractivity contribution >= 4 is 5.91 Å². The number of rotatable bonds is 7. The standard InChI is InChI=1S/C16H28N4O2/c1-4-13(21)11-20-14(17-16(18-20)12(2)3)8-10-19-9-6-5-7-15(19)22/h12-13,21H,4-11H2,1-3H3. The molecule has 124 valence electrons. The number of likely N-dealkylation sites (tertiary alicyclic amines) is 1. The van der Waals surface area contributed by atoms with Crippen LogP contribution >= 0.6 is 0 Å². The predicted octanol–water partition coefficient (Wildman–Crippen LogP) is 1.73. The van der Waals surface area contributed by atoms with Gasteiger partial charge in [0.15, 0.2) is 5.82 Å². The van der Waals surface area contributed by atoms with E-state index in [1.807, 2.05) is 16.5 Å². The summed E-state index contributed by atoms with van der Waals surface area (Å²) >= 11 is 0. The molecule has 1 aromatic heterocycles. The molecule has 1 atom stereocenters. The molecule has 2 rings (SSSR count). The molecule has 1 aromatic rings. The minimum atomic E-state index is -0.405. The molecule has 1 aliphatic rings. The van der Waals surface area contributed by atoms with Crippen LogP contribution in [0, 0.1) is 0 Å². The summed E-state index contributed by atoms with van der Waals surface area (Å²) < 4.78 is 1.82. The molecule has 0 saturated carbocycles. The monoisotopic (exact) mass is 308 g/mol. The Morgan fingerprint density at radius 1 is 1.32 bits per heavy atom. The lowest BCUT2D eigenvalue weighted by molar-refractivity contribution is -0.133. The lowest BCUT2D eigenvalue weighted by Crippen LogP contribution is -2.37. The molecule has 1 unspecified atom stereocenters. The summed E-state index contributed by atoms with van der Waals surface area (Å²) in [6.07, 6.45) is 3.74. The SMILES string of the molecule is CCC(O)Cn1nc(C(C)C)nc1CCN1CCCCC1=O. The van der Waals surface area contributed by atoms with E-state index in [4.69, 9.17) is 0 Å². The Labute approximate surface area is 132 Å². The van der Waals surface area contributed by atoms with Crippen molar-refractivity contribution in [3.8, 4) is 0 Å². The third kappa shape index (κ3) is 4.29. The number of aliphatic hydroxyl groups is 1. The van der Waals surface area contributed by atoms with E-state index >= 15 is 0 Å². The van der Waals surface area contributed by atoms with Crippen LogP contribution in [0.25, 0.3) is 0 Å². The predicted molar refractivity (Wildman–Crippen MR) is 84.5 cm³/mol. The lowest BCUT2D eigenvalue weighted by Gasteiger charge is -2.26. The molecular weight excluding hydrogens is 280 g/mol. The highest BCUT2D eigenvalue weighted by atomic mass is 16.3. The second-order valence-corrected chi connectivity index (χ2v) is 6.37. The van der Waals surface area contributed by atoms with E-state index in [9.17, 15) is 9.90 Å². The van der Waals surface area contributed by atoms with Gasteiger partial charge in [-0.3, -0.25) is 4.79 Å². The largest absolute Gasteiger partial charge is 0.391 e. The van der Waals surface area contributed by atoms with Gasteiger partial charge in [0, 0.05) is 31.8 Å². The van der Waals surface area contributed by atoms with Crippen molar-refractivity contribution < 1.29 is 9.90 Å². The van der Waals surface area contributed by atoms with E-state index in [2.05, 4.69) is 23.9 Å². The molecule has 0 aliphatic carbocycles. The number of carbonyl (C=O) groups excluding carboxylic acids is 1. The van der Waals surface area contributed by atoms with E-state index in [1.165, 1.54) is 0 Å². The van der Waals surface area contributed by atoms with Crippen LogP contribution in [-0.4, -0.2) is 49.9 Å². The molecule has 6 heteroatoms. The fourth-order valence-electron chi connectivity index (χ4n) is 2.63. The maximum atomic E-state index is 11.9. The summed E-state index contributed by atoms with van der Waals surface area (Å²) in [5.41, 5.74) is 0. The first-order valence-corrected chi connectivity index (χ1v) is 8.40. The zero-order chi connectivity index (χ0) is 16.1. The number of amides is 1. The van der Waals surface area contributed by atoms with Crippen molar-refractivity contribution in [2.75, 3.05) is 13.1 Å². The van der Waals surface area contributed by atoms with Crippen molar-refractivity contribution in [2.45, 2.75) is 71.4 Å². The topological polar surface area (TPSA) is 71.2 Å². The maximum absolute atomic E-state index is 11.9. The van der Waals surface area contributed by atoms with Gasteiger partial charge in [-0.25, -0.2) is 9.67 Å². The number of piperidine rings is 1. The average molecular weight is 308 g/mol. The molecule has 22 heavy (non-hydrogen) atoms. The van der Waals surface area contributed by atoms with Crippen LogP contribution in [-0.2, 0) is 17.8 Å². The highest BCUT2D eigenvalue weighted by Crippen LogP contribution is 2.14. The third-order valence-electron chi connectivity index (χ3n) is 4.16. The van der Waals surface area contributed by atoms with Gasteiger partial charge in [0.25, 0.3) is 0 Å². The Balaban J connectivity index is 2.05. The normalized spacial score (nSPS) is 17.3. The first-order chi connectivity index (χ1) is 10.5. The Kier molecular flexibility index (Phi) is 5.94. The van der Waals surface area contributed by atoms with Crippen molar-refractivity contribution in [3.05, 3.63) is 11.6 Å². The van der Waals surface area contributed by atoms with Crippen molar-refractivity contribution in [1.29, 1.82) is 0 Å². The van der Waals surface area contributed by atoms with Gasteiger partial charge in [-0.2, -0.15) is 5.10 Å². The fraction of sp³-hybridized carbons (Fsp3) is 0.812. The maximum Gasteiger partial charge on any atom is 0.222 e. The molecule has 2 heterocycles. The number of carbonyl (C=O) groups is 1. The summed E-state index contributed by atoms with van der Waals surface area (Å²) in [5, 5.41) is 14.4. The van der Waals surface area contributed by atoms with Gasteiger partial charge in [-0.05, 0) is 19.3 Å². The number of aliphatic hydroxyl groups excluding tert-OH is 1.